The molecule has 0 unspecified atom stereocenters. The number of nitrogens with zero attached hydrogens (tertiary/aromatic N) is 1. The summed E-state index contributed by atoms with van der Waals surface area (Å²) >= 11 is 5.24. The molecule has 0 aliphatic carbocycles. The standard InChI is InChI=1S/C17H22BrNO3S/c1-12-2-4-19(5-3-12)17(20)11-23-10-13-8-15-16(9-14(13)18)22-7-6-21-15/h8-9,12H,2-7,10-11H2,1H3. The number of rotatable bonds is 4. The molecule has 1 amide bonds. The first-order chi connectivity index (χ1) is 11.1. The van der Waals surface area contributed by atoms with Crippen molar-refractivity contribution in [2.45, 2.75) is 25.5 Å². The van der Waals surface area contributed by atoms with E-state index in [0.717, 1.165) is 59.1 Å². The lowest BCUT2D eigenvalue weighted by molar-refractivity contribution is -0.129. The van der Waals surface area contributed by atoms with Crippen molar-refractivity contribution >= 4 is 33.6 Å². The van der Waals surface area contributed by atoms with Gasteiger partial charge in [0.25, 0.3) is 0 Å². The normalized spacial score (nSPS) is 18.1. The van der Waals surface area contributed by atoms with Crippen LogP contribution in [-0.2, 0) is 10.5 Å². The number of thioether (sulfide) groups is 1. The van der Waals surface area contributed by atoms with Crippen molar-refractivity contribution in [3.8, 4) is 11.5 Å². The van der Waals surface area contributed by atoms with Gasteiger partial charge in [0, 0.05) is 23.3 Å². The monoisotopic (exact) mass is 399 g/mol. The molecule has 0 aromatic heterocycles. The van der Waals surface area contributed by atoms with Gasteiger partial charge >= 0.3 is 0 Å². The molecule has 23 heavy (non-hydrogen) atoms. The number of carbonyl (C=O) groups is 1. The third-order valence-electron chi connectivity index (χ3n) is 4.33. The smallest absolute Gasteiger partial charge is 0.232 e. The van der Waals surface area contributed by atoms with Gasteiger partial charge in [-0.1, -0.05) is 22.9 Å². The third-order valence-corrected chi connectivity index (χ3v) is 6.04. The summed E-state index contributed by atoms with van der Waals surface area (Å²) in [5, 5.41) is 0. The minimum absolute atomic E-state index is 0.260. The Morgan fingerprint density at radius 2 is 1.91 bits per heavy atom. The highest BCUT2D eigenvalue weighted by molar-refractivity contribution is 9.10. The van der Waals surface area contributed by atoms with Crippen molar-refractivity contribution in [3.63, 3.8) is 0 Å². The Bertz CT molecular complexity index is 573. The zero-order chi connectivity index (χ0) is 16.2. The van der Waals surface area contributed by atoms with Crippen molar-refractivity contribution in [1.82, 2.24) is 4.90 Å². The Morgan fingerprint density at radius 3 is 2.61 bits per heavy atom. The Hall–Kier alpha value is -0.880. The number of halogens is 1. The van der Waals surface area contributed by atoms with Crippen LogP contribution in [0.2, 0.25) is 0 Å². The molecule has 0 atom stereocenters. The van der Waals surface area contributed by atoms with E-state index >= 15 is 0 Å². The molecule has 0 spiro atoms. The fourth-order valence-corrected chi connectivity index (χ4v) is 4.38. The Labute approximate surface area is 150 Å². The molecule has 0 bridgehead atoms. The molecule has 4 nitrogen and oxygen atoms in total. The van der Waals surface area contributed by atoms with E-state index in [2.05, 4.69) is 22.9 Å². The molecule has 0 saturated carbocycles. The largest absolute Gasteiger partial charge is 0.486 e. The van der Waals surface area contributed by atoms with Crippen molar-refractivity contribution in [3.05, 3.63) is 22.2 Å². The SMILES string of the molecule is CC1CCN(C(=O)CSCc2cc3c(cc2Br)OCCO3)CC1. The van der Waals surface area contributed by atoms with Crippen LogP contribution in [0.15, 0.2) is 16.6 Å². The molecule has 1 fully saturated rings. The number of amides is 1. The van der Waals surface area contributed by atoms with Gasteiger partial charge in [-0.15, -0.1) is 11.8 Å². The summed E-state index contributed by atoms with van der Waals surface area (Å²) in [6.45, 7) is 5.27. The van der Waals surface area contributed by atoms with Gasteiger partial charge < -0.3 is 14.4 Å². The van der Waals surface area contributed by atoms with E-state index < -0.39 is 0 Å². The zero-order valence-electron chi connectivity index (χ0n) is 13.3. The van der Waals surface area contributed by atoms with Gasteiger partial charge in [0.15, 0.2) is 11.5 Å². The third kappa shape index (κ3) is 4.35. The molecular formula is C17H22BrNO3S. The molecule has 2 heterocycles. The highest BCUT2D eigenvalue weighted by atomic mass is 79.9. The molecule has 1 aromatic rings. The topological polar surface area (TPSA) is 38.8 Å². The number of fused-ring (bicyclic) bond motifs is 1. The number of benzene rings is 1. The molecule has 3 rings (SSSR count). The van der Waals surface area contributed by atoms with Gasteiger partial charge in [0.2, 0.25) is 5.91 Å². The van der Waals surface area contributed by atoms with Crippen LogP contribution in [-0.4, -0.2) is 42.9 Å². The van der Waals surface area contributed by atoms with E-state index in [-0.39, 0.29) is 5.91 Å². The maximum absolute atomic E-state index is 12.3. The summed E-state index contributed by atoms with van der Waals surface area (Å²) in [4.78, 5) is 14.3. The van der Waals surface area contributed by atoms with E-state index in [4.69, 9.17) is 9.47 Å². The second-order valence-electron chi connectivity index (χ2n) is 6.14. The number of ether oxygens (including phenoxy) is 2. The summed E-state index contributed by atoms with van der Waals surface area (Å²) in [7, 11) is 0. The molecule has 2 aliphatic heterocycles. The second-order valence-corrected chi connectivity index (χ2v) is 7.98. The van der Waals surface area contributed by atoms with E-state index in [0.29, 0.717) is 19.0 Å². The zero-order valence-corrected chi connectivity index (χ0v) is 15.7. The fourth-order valence-electron chi connectivity index (χ4n) is 2.81. The van der Waals surface area contributed by atoms with Gasteiger partial charge in [0.1, 0.15) is 13.2 Å². The van der Waals surface area contributed by atoms with Crippen LogP contribution in [0.3, 0.4) is 0 Å². The first kappa shape index (κ1) is 17.0. The van der Waals surface area contributed by atoms with Crippen LogP contribution in [0.25, 0.3) is 0 Å². The average Bonchev–Trinajstić information content (AvgIpc) is 2.56. The molecule has 126 valence electrons. The van der Waals surface area contributed by atoms with Crippen LogP contribution in [0.4, 0.5) is 0 Å². The molecule has 2 aliphatic rings. The number of likely N-dealkylation sites (tertiary alicyclic amines) is 1. The van der Waals surface area contributed by atoms with Gasteiger partial charge in [-0.05, 0) is 36.5 Å². The molecule has 0 radical (unpaired) electrons. The first-order valence-electron chi connectivity index (χ1n) is 8.07. The predicted molar refractivity (Wildman–Crippen MR) is 96.3 cm³/mol. The Morgan fingerprint density at radius 1 is 1.26 bits per heavy atom. The summed E-state index contributed by atoms with van der Waals surface area (Å²) in [5.41, 5.74) is 1.14. The van der Waals surface area contributed by atoms with Crippen LogP contribution < -0.4 is 9.47 Å². The molecular weight excluding hydrogens is 378 g/mol. The van der Waals surface area contributed by atoms with Gasteiger partial charge in [0.05, 0.1) is 5.75 Å². The second kappa shape index (κ2) is 7.79. The summed E-state index contributed by atoms with van der Waals surface area (Å²) in [6, 6.07) is 3.97. The van der Waals surface area contributed by atoms with Crippen LogP contribution in [0.1, 0.15) is 25.3 Å². The van der Waals surface area contributed by atoms with Gasteiger partial charge in [-0.3, -0.25) is 4.79 Å². The van der Waals surface area contributed by atoms with Crippen molar-refractivity contribution in [2.75, 3.05) is 32.1 Å². The average molecular weight is 400 g/mol. The van der Waals surface area contributed by atoms with Crippen molar-refractivity contribution < 1.29 is 14.3 Å². The van der Waals surface area contributed by atoms with E-state index in [1.165, 1.54) is 0 Å². The molecule has 0 N–H and O–H groups in total. The predicted octanol–water partition coefficient (Wildman–Crippen LogP) is 3.71. The lowest BCUT2D eigenvalue weighted by Gasteiger charge is -2.30. The van der Waals surface area contributed by atoms with Gasteiger partial charge in [-0.25, -0.2) is 0 Å². The minimum atomic E-state index is 0.260. The van der Waals surface area contributed by atoms with E-state index in [9.17, 15) is 4.79 Å². The minimum Gasteiger partial charge on any atom is -0.486 e. The quantitative estimate of drug-likeness (QED) is 0.773. The first-order valence-corrected chi connectivity index (χ1v) is 10.0. The molecule has 1 saturated heterocycles. The number of piperidine rings is 1. The lowest BCUT2D eigenvalue weighted by Crippen LogP contribution is -2.38. The number of carbonyl (C=O) groups excluding carboxylic acids is 1. The van der Waals surface area contributed by atoms with Crippen LogP contribution in [0.5, 0.6) is 11.5 Å². The Balaban J connectivity index is 1.51. The summed E-state index contributed by atoms with van der Waals surface area (Å²) in [6.07, 6.45) is 2.26. The van der Waals surface area contributed by atoms with Crippen LogP contribution >= 0.6 is 27.7 Å². The van der Waals surface area contributed by atoms with Crippen LogP contribution in [0, 0.1) is 5.92 Å². The highest BCUT2D eigenvalue weighted by Crippen LogP contribution is 2.36. The lowest BCUT2D eigenvalue weighted by atomic mass is 9.99. The summed E-state index contributed by atoms with van der Waals surface area (Å²) in [5.74, 6) is 3.92. The van der Waals surface area contributed by atoms with Crippen molar-refractivity contribution in [1.29, 1.82) is 0 Å². The fraction of sp³-hybridized carbons (Fsp3) is 0.588. The molecule has 1 aromatic carbocycles. The molecule has 6 heteroatoms. The number of hydrogen-bond acceptors (Lipinski definition) is 4. The van der Waals surface area contributed by atoms with Gasteiger partial charge in [-0.2, -0.15) is 0 Å². The summed E-state index contributed by atoms with van der Waals surface area (Å²) < 4.78 is 12.2. The maximum Gasteiger partial charge on any atom is 0.232 e. The van der Waals surface area contributed by atoms with E-state index in [1.807, 2.05) is 17.0 Å². The van der Waals surface area contributed by atoms with E-state index in [1.54, 1.807) is 11.8 Å². The highest BCUT2D eigenvalue weighted by Gasteiger charge is 2.20. The van der Waals surface area contributed by atoms with Crippen molar-refractivity contribution in [2.24, 2.45) is 5.92 Å². The Kier molecular flexibility index (Phi) is 5.75. The number of hydrogen-bond donors (Lipinski definition) is 0. The maximum atomic E-state index is 12.3.